The Balaban J connectivity index is 0.000000501. The van der Waals surface area contributed by atoms with Gasteiger partial charge in [0, 0.05) is 25.1 Å². The molecule has 1 aromatic carbocycles. The van der Waals surface area contributed by atoms with Crippen LogP contribution in [0.15, 0.2) is 72.8 Å². The van der Waals surface area contributed by atoms with Crippen molar-refractivity contribution in [3.63, 3.8) is 0 Å². The summed E-state index contributed by atoms with van der Waals surface area (Å²) in [5, 5.41) is 3.20. The lowest BCUT2D eigenvalue weighted by atomic mass is 9.92. The standard InChI is InChI=1S/C23H29N5.C5H10.C3H6/c1-3-4-9-20-27-21-22(18-7-5-6-8-19(18)26-23(21)24)28(20)15-17-12-10-16(11-13-17)14-25-2;1-3-5-4-2;1-3-2/h5-7,10-13,19,25H,3-4,8-9,14-15H2,1-2H3,(H2,24,26);3H,1,4-5H2,2H3;3H,1H2,2H3. The zero-order valence-electron chi connectivity index (χ0n) is 22.8. The Morgan fingerprint density at radius 3 is 2.42 bits per heavy atom. The van der Waals surface area contributed by atoms with Gasteiger partial charge in [0.05, 0.1) is 11.7 Å². The van der Waals surface area contributed by atoms with Gasteiger partial charge in [-0.15, -0.1) is 13.2 Å². The van der Waals surface area contributed by atoms with Gasteiger partial charge in [-0.05, 0) is 44.4 Å². The molecule has 5 heteroatoms. The van der Waals surface area contributed by atoms with Crippen LogP contribution in [-0.4, -0.2) is 28.5 Å². The first-order valence-corrected chi connectivity index (χ1v) is 13.2. The number of hydrogen-bond acceptors (Lipinski definition) is 4. The number of aliphatic imine (C=N–C) groups is 1. The first-order chi connectivity index (χ1) is 17.5. The molecule has 1 aliphatic carbocycles. The zero-order valence-corrected chi connectivity index (χ0v) is 22.8. The van der Waals surface area contributed by atoms with E-state index in [1.165, 1.54) is 23.1 Å². The highest BCUT2D eigenvalue weighted by molar-refractivity contribution is 6.03. The summed E-state index contributed by atoms with van der Waals surface area (Å²) in [7, 11) is 1.97. The Morgan fingerprint density at radius 1 is 1.14 bits per heavy atom. The number of nitrogens with two attached hydrogens (primary N) is 1. The van der Waals surface area contributed by atoms with Crippen LogP contribution in [0.2, 0.25) is 0 Å². The van der Waals surface area contributed by atoms with Crippen LogP contribution >= 0.6 is 0 Å². The molecule has 5 nitrogen and oxygen atoms in total. The summed E-state index contributed by atoms with van der Waals surface area (Å²) in [6.45, 7) is 14.9. The minimum absolute atomic E-state index is 0.116. The van der Waals surface area contributed by atoms with Crippen molar-refractivity contribution in [2.45, 2.75) is 78.4 Å². The molecular weight excluding hydrogens is 442 g/mol. The molecule has 0 saturated heterocycles. The highest BCUT2D eigenvalue weighted by atomic mass is 15.1. The van der Waals surface area contributed by atoms with Gasteiger partial charge in [-0.25, -0.2) is 4.98 Å². The molecule has 0 radical (unpaired) electrons. The van der Waals surface area contributed by atoms with E-state index in [1.54, 1.807) is 6.08 Å². The monoisotopic (exact) mass is 487 g/mol. The largest absolute Gasteiger partial charge is 0.382 e. The van der Waals surface area contributed by atoms with Crippen LogP contribution in [0, 0.1) is 0 Å². The third-order valence-corrected chi connectivity index (χ3v) is 5.98. The first kappa shape index (κ1) is 29.1. The molecular formula is C31H45N5. The highest BCUT2D eigenvalue weighted by Gasteiger charge is 2.31. The molecule has 0 saturated carbocycles. The number of allylic oxidation sites excluding steroid dienone is 4. The van der Waals surface area contributed by atoms with E-state index < -0.39 is 0 Å². The predicted molar refractivity (Wildman–Crippen MR) is 156 cm³/mol. The van der Waals surface area contributed by atoms with Gasteiger partial charge >= 0.3 is 0 Å². The molecule has 36 heavy (non-hydrogen) atoms. The lowest BCUT2D eigenvalue weighted by Gasteiger charge is -2.25. The van der Waals surface area contributed by atoms with Crippen molar-refractivity contribution >= 4 is 11.4 Å². The molecule has 194 valence electrons. The summed E-state index contributed by atoms with van der Waals surface area (Å²) in [4.78, 5) is 9.65. The van der Waals surface area contributed by atoms with Gasteiger partial charge in [0.2, 0.25) is 0 Å². The van der Waals surface area contributed by atoms with Crippen molar-refractivity contribution < 1.29 is 0 Å². The minimum atomic E-state index is 0.116. The molecule has 0 bridgehead atoms. The predicted octanol–water partition coefficient (Wildman–Crippen LogP) is 6.59. The number of aromatic nitrogens is 2. The Bertz CT molecular complexity index is 1050. The lowest BCUT2D eigenvalue weighted by molar-refractivity contribution is 0.669. The zero-order chi connectivity index (χ0) is 26.3. The number of benzene rings is 1. The molecule has 1 atom stereocenters. The lowest BCUT2D eigenvalue weighted by Crippen LogP contribution is -2.27. The Hall–Kier alpha value is -3.18. The number of amidine groups is 1. The molecule has 1 unspecified atom stereocenters. The van der Waals surface area contributed by atoms with Crippen molar-refractivity contribution in [2.24, 2.45) is 10.7 Å². The molecule has 2 aromatic rings. The Kier molecular flexibility index (Phi) is 12.7. The van der Waals surface area contributed by atoms with E-state index in [0.29, 0.717) is 5.84 Å². The first-order valence-electron chi connectivity index (χ1n) is 13.2. The van der Waals surface area contributed by atoms with Crippen molar-refractivity contribution in [2.75, 3.05) is 7.05 Å². The molecule has 1 aliphatic heterocycles. The number of imidazole rings is 1. The second-order valence-electron chi connectivity index (χ2n) is 9.06. The summed E-state index contributed by atoms with van der Waals surface area (Å²) >= 11 is 0. The van der Waals surface area contributed by atoms with E-state index in [2.05, 4.69) is 79.4 Å². The van der Waals surface area contributed by atoms with Crippen molar-refractivity contribution in [1.82, 2.24) is 14.9 Å². The fourth-order valence-electron chi connectivity index (χ4n) is 4.23. The van der Waals surface area contributed by atoms with Crippen LogP contribution in [0.4, 0.5) is 0 Å². The number of unbranched alkanes of at least 4 members (excludes halogenated alkanes) is 2. The second-order valence-corrected chi connectivity index (χ2v) is 9.06. The van der Waals surface area contributed by atoms with E-state index in [9.17, 15) is 0 Å². The van der Waals surface area contributed by atoms with Crippen LogP contribution in [0.3, 0.4) is 0 Å². The number of rotatable bonds is 9. The molecule has 0 spiro atoms. The van der Waals surface area contributed by atoms with E-state index >= 15 is 0 Å². The average molecular weight is 488 g/mol. The van der Waals surface area contributed by atoms with E-state index in [-0.39, 0.29) is 6.04 Å². The van der Waals surface area contributed by atoms with Crippen LogP contribution < -0.4 is 11.1 Å². The number of nitrogens with one attached hydrogen (secondary N) is 1. The van der Waals surface area contributed by atoms with Crippen LogP contribution in [-0.2, 0) is 19.5 Å². The summed E-state index contributed by atoms with van der Waals surface area (Å²) in [5.41, 5.74) is 12.2. The maximum atomic E-state index is 6.33. The SMILES string of the molecule is C=CC.C=CCCC.CCCCc1nc2c(n1Cc1ccc(CNC)cc1)C1=CC=CCC1N=C2N. The molecule has 0 amide bonds. The summed E-state index contributed by atoms with van der Waals surface area (Å²) < 4.78 is 2.37. The minimum Gasteiger partial charge on any atom is -0.382 e. The molecule has 2 heterocycles. The summed E-state index contributed by atoms with van der Waals surface area (Å²) in [6.07, 6.45) is 16.7. The van der Waals surface area contributed by atoms with Crippen LogP contribution in [0.25, 0.3) is 5.57 Å². The van der Waals surface area contributed by atoms with Gasteiger partial charge in [0.15, 0.2) is 0 Å². The maximum absolute atomic E-state index is 6.33. The van der Waals surface area contributed by atoms with E-state index in [1.807, 2.05) is 20.0 Å². The van der Waals surface area contributed by atoms with E-state index in [4.69, 9.17) is 15.7 Å². The number of fused-ring (bicyclic) bond motifs is 3. The van der Waals surface area contributed by atoms with Gasteiger partial charge in [-0.1, -0.05) is 81.3 Å². The normalized spacial score (nSPS) is 15.2. The fraction of sp³-hybridized carbons (Fsp3) is 0.419. The van der Waals surface area contributed by atoms with Gasteiger partial charge < -0.3 is 15.6 Å². The van der Waals surface area contributed by atoms with Crippen LogP contribution in [0.5, 0.6) is 0 Å². The van der Waals surface area contributed by atoms with Gasteiger partial charge in [-0.3, -0.25) is 4.99 Å². The smallest absolute Gasteiger partial charge is 0.147 e. The molecule has 0 fully saturated rings. The average Bonchev–Trinajstić information content (AvgIpc) is 3.24. The van der Waals surface area contributed by atoms with Gasteiger partial charge in [0.25, 0.3) is 0 Å². The highest BCUT2D eigenvalue weighted by Crippen LogP contribution is 2.34. The number of nitrogens with zero attached hydrogens (tertiary/aromatic N) is 3. The topological polar surface area (TPSA) is 68.2 Å². The van der Waals surface area contributed by atoms with Gasteiger partial charge in [-0.2, -0.15) is 0 Å². The van der Waals surface area contributed by atoms with Gasteiger partial charge in [0.1, 0.15) is 17.4 Å². The summed E-state index contributed by atoms with van der Waals surface area (Å²) in [5.74, 6) is 1.69. The fourth-order valence-corrected chi connectivity index (χ4v) is 4.23. The molecule has 3 N–H and O–H groups in total. The van der Waals surface area contributed by atoms with E-state index in [0.717, 1.165) is 62.4 Å². The molecule has 4 rings (SSSR count). The third-order valence-electron chi connectivity index (χ3n) is 5.98. The Morgan fingerprint density at radius 2 is 1.83 bits per heavy atom. The second kappa shape index (κ2) is 15.7. The number of hydrogen-bond donors (Lipinski definition) is 2. The third kappa shape index (κ3) is 7.92. The maximum Gasteiger partial charge on any atom is 0.147 e. The number of aryl methyl sites for hydroxylation is 1. The quantitative estimate of drug-likeness (QED) is 0.392. The Labute approximate surface area is 218 Å². The molecule has 1 aromatic heterocycles. The molecule has 2 aliphatic rings. The van der Waals surface area contributed by atoms with Crippen molar-refractivity contribution in [1.29, 1.82) is 0 Å². The summed E-state index contributed by atoms with van der Waals surface area (Å²) in [6, 6.07) is 8.94. The van der Waals surface area contributed by atoms with Crippen molar-refractivity contribution in [3.8, 4) is 0 Å². The van der Waals surface area contributed by atoms with Crippen molar-refractivity contribution in [3.05, 3.63) is 96.1 Å². The van der Waals surface area contributed by atoms with Crippen LogP contribution in [0.1, 0.15) is 81.2 Å².